The molecule has 186 valence electrons. The molecule has 1 spiro atoms. The molecule has 5 rings (SSSR count). The number of carbonyl (C=O) groups excluding carboxylic acids is 2. The van der Waals surface area contributed by atoms with Crippen LogP contribution in [0.4, 0.5) is 10.1 Å². The molecule has 1 fully saturated rings. The van der Waals surface area contributed by atoms with Crippen LogP contribution in [-0.4, -0.2) is 25.0 Å². The van der Waals surface area contributed by atoms with Crippen molar-refractivity contribution in [2.24, 2.45) is 5.73 Å². The van der Waals surface area contributed by atoms with E-state index in [9.17, 15) is 14.0 Å². The van der Waals surface area contributed by atoms with Gasteiger partial charge in [-0.15, -0.1) is 0 Å². The van der Waals surface area contributed by atoms with Crippen molar-refractivity contribution in [3.05, 3.63) is 92.7 Å². The molecule has 0 saturated carbocycles. The Labute approximate surface area is 217 Å². The van der Waals surface area contributed by atoms with Crippen molar-refractivity contribution in [2.75, 3.05) is 18.5 Å². The highest BCUT2D eigenvalue weighted by atomic mass is 35.5. The molecular formula is C27H24Cl2FN3O3. The van der Waals surface area contributed by atoms with E-state index < -0.39 is 23.2 Å². The molecular weight excluding hydrogens is 504 g/mol. The highest BCUT2D eigenvalue weighted by molar-refractivity contribution is 6.31. The summed E-state index contributed by atoms with van der Waals surface area (Å²) in [5, 5.41) is 6.85. The van der Waals surface area contributed by atoms with Gasteiger partial charge in [-0.1, -0.05) is 35.3 Å². The lowest BCUT2D eigenvalue weighted by Gasteiger charge is -2.47. The zero-order valence-electron chi connectivity index (χ0n) is 19.4. The first-order chi connectivity index (χ1) is 17.2. The number of fused-ring (bicyclic) bond motifs is 2. The number of hydrogen-bond donors (Lipinski definition) is 3. The van der Waals surface area contributed by atoms with Gasteiger partial charge in [-0.05, 0) is 66.1 Å². The van der Waals surface area contributed by atoms with Gasteiger partial charge in [0.2, 0.25) is 11.8 Å². The van der Waals surface area contributed by atoms with Crippen LogP contribution in [-0.2, 0) is 15.0 Å². The summed E-state index contributed by atoms with van der Waals surface area (Å²) in [5.74, 6) is -1.28. The molecule has 0 bridgehead atoms. The lowest BCUT2D eigenvalue weighted by Crippen LogP contribution is -2.57. The van der Waals surface area contributed by atoms with Crippen molar-refractivity contribution >= 4 is 40.7 Å². The van der Waals surface area contributed by atoms with Gasteiger partial charge < -0.3 is 21.1 Å². The van der Waals surface area contributed by atoms with Crippen molar-refractivity contribution in [2.45, 2.75) is 30.7 Å². The molecule has 2 aliphatic rings. The zero-order valence-corrected chi connectivity index (χ0v) is 20.9. The van der Waals surface area contributed by atoms with Crippen LogP contribution in [0.5, 0.6) is 5.75 Å². The maximum Gasteiger partial charge on any atom is 0.238 e. The molecule has 0 radical (unpaired) electrons. The smallest absolute Gasteiger partial charge is 0.238 e. The Morgan fingerprint density at radius 3 is 2.58 bits per heavy atom. The van der Waals surface area contributed by atoms with Crippen molar-refractivity contribution in [3.8, 4) is 5.75 Å². The Hall–Kier alpha value is -3.13. The zero-order chi connectivity index (χ0) is 25.6. The molecule has 1 saturated heterocycles. The first kappa shape index (κ1) is 24.6. The maximum absolute atomic E-state index is 14.5. The Morgan fingerprint density at radius 2 is 1.81 bits per heavy atom. The third-order valence-electron chi connectivity index (χ3n) is 7.03. The summed E-state index contributed by atoms with van der Waals surface area (Å²) in [5.41, 5.74) is 7.38. The number of rotatable bonds is 5. The van der Waals surface area contributed by atoms with Gasteiger partial charge in [0.15, 0.2) is 0 Å². The number of ether oxygens (including phenoxy) is 1. The van der Waals surface area contributed by atoms with E-state index in [1.54, 1.807) is 42.5 Å². The van der Waals surface area contributed by atoms with Crippen molar-refractivity contribution < 1.29 is 18.7 Å². The summed E-state index contributed by atoms with van der Waals surface area (Å²) in [6, 6.07) is 13.8. The van der Waals surface area contributed by atoms with Crippen LogP contribution >= 0.6 is 23.2 Å². The number of anilines is 1. The van der Waals surface area contributed by atoms with Gasteiger partial charge in [0.05, 0.1) is 6.04 Å². The van der Waals surface area contributed by atoms with E-state index in [1.165, 1.54) is 12.1 Å². The average Bonchev–Trinajstić information content (AvgIpc) is 3.12. The van der Waals surface area contributed by atoms with Gasteiger partial charge in [-0.25, -0.2) is 4.39 Å². The number of carbonyl (C=O) groups is 2. The topological polar surface area (TPSA) is 93.4 Å². The third kappa shape index (κ3) is 3.92. The minimum absolute atomic E-state index is 0.0142. The number of aryl methyl sites for hydroxylation is 1. The molecule has 0 aromatic heterocycles. The molecule has 4 N–H and O–H groups in total. The minimum Gasteiger partial charge on any atom is -0.492 e. The second-order valence-corrected chi connectivity index (χ2v) is 9.96. The molecule has 0 aliphatic carbocycles. The first-order valence-corrected chi connectivity index (χ1v) is 12.3. The van der Waals surface area contributed by atoms with E-state index in [-0.39, 0.29) is 31.4 Å². The Kier molecular flexibility index (Phi) is 6.41. The predicted molar refractivity (Wildman–Crippen MR) is 137 cm³/mol. The number of nitrogens with two attached hydrogens (primary N) is 1. The van der Waals surface area contributed by atoms with Crippen LogP contribution in [0.25, 0.3) is 0 Å². The van der Waals surface area contributed by atoms with E-state index in [2.05, 4.69) is 10.6 Å². The van der Waals surface area contributed by atoms with E-state index in [4.69, 9.17) is 33.7 Å². The molecule has 3 aromatic carbocycles. The number of halogens is 3. The van der Waals surface area contributed by atoms with Crippen molar-refractivity contribution in [1.29, 1.82) is 0 Å². The van der Waals surface area contributed by atoms with Crippen LogP contribution in [0.1, 0.15) is 40.6 Å². The van der Waals surface area contributed by atoms with Crippen LogP contribution < -0.4 is 21.1 Å². The predicted octanol–water partition coefficient (Wildman–Crippen LogP) is 5.01. The molecule has 2 aliphatic heterocycles. The molecule has 1 unspecified atom stereocenters. The van der Waals surface area contributed by atoms with Crippen LogP contribution in [0.2, 0.25) is 10.0 Å². The number of hydrogen-bond acceptors (Lipinski definition) is 4. The standard InChI is InChI=1S/C27H24Cl2FN3O3/c1-14-2-5-17(30)12-18(14)25-27(20-6-3-16(29)11-22(20)32-26(27)35)21(13-24(34)33-25)19-10-15(28)4-7-23(19)36-9-8-31/h2-7,10-12,21,25H,8-9,13,31H2,1H3,(H,32,35)(H,33,34)/t21-,25+,27?/m1/s1. The van der Waals surface area contributed by atoms with E-state index in [0.717, 1.165) is 5.56 Å². The summed E-state index contributed by atoms with van der Waals surface area (Å²) in [6.45, 7) is 2.35. The molecule has 2 heterocycles. The molecule has 9 heteroatoms. The number of piperidine rings is 1. The first-order valence-electron chi connectivity index (χ1n) is 11.5. The highest BCUT2D eigenvalue weighted by Crippen LogP contribution is 2.59. The fraction of sp³-hybridized carbons (Fsp3) is 0.259. The van der Waals surface area contributed by atoms with Crippen molar-refractivity contribution in [1.82, 2.24) is 5.32 Å². The fourth-order valence-electron chi connectivity index (χ4n) is 5.54. The Bertz CT molecular complexity index is 1380. The lowest BCUT2D eigenvalue weighted by atomic mass is 9.59. The second kappa shape index (κ2) is 9.39. The van der Waals surface area contributed by atoms with Gasteiger partial charge in [-0.3, -0.25) is 9.59 Å². The fourth-order valence-corrected chi connectivity index (χ4v) is 5.89. The van der Waals surface area contributed by atoms with Gasteiger partial charge in [0.1, 0.15) is 23.6 Å². The molecule has 36 heavy (non-hydrogen) atoms. The van der Waals surface area contributed by atoms with Crippen molar-refractivity contribution in [3.63, 3.8) is 0 Å². The number of nitrogens with one attached hydrogen (secondary N) is 2. The van der Waals surface area contributed by atoms with Gasteiger partial charge >= 0.3 is 0 Å². The largest absolute Gasteiger partial charge is 0.492 e. The van der Waals surface area contributed by atoms with E-state index in [1.807, 2.05) is 6.92 Å². The Balaban J connectivity index is 1.82. The lowest BCUT2D eigenvalue weighted by molar-refractivity contribution is -0.131. The minimum atomic E-state index is -1.34. The Morgan fingerprint density at radius 1 is 1.06 bits per heavy atom. The summed E-state index contributed by atoms with van der Waals surface area (Å²) >= 11 is 12.7. The average molecular weight is 528 g/mol. The number of benzene rings is 3. The van der Waals surface area contributed by atoms with E-state index in [0.29, 0.717) is 38.2 Å². The van der Waals surface area contributed by atoms with Gasteiger partial charge in [0.25, 0.3) is 0 Å². The highest BCUT2D eigenvalue weighted by Gasteiger charge is 2.61. The summed E-state index contributed by atoms with van der Waals surface area (Å²) in [4.78, 5) is 27.3. The summed E-state index contributed by atoms with van der Waals surface area (Å²) in [7, 11) is 0. The van der Waals surface area contributed by atoms with Gasteiger partial charge in [0, 0.05) is 40.2 Å². The van der Waals surface area contributed by atoms with Crippen LogP contribution in [0.15, 0.2) is 54.6 Å². The number of amides is 2. The SMILES string of the molecule is Cc1ccc(F)cc1[C@@H]1NC(=O)C[C@H](c2cc(Cl)ccc2OCCN)C12C(=O)Nc1cc(Cl)ccc12. The summed E-state index contributed by atoms with van der Waals surface area (Å²) in [6.07, 6.45) is -0.0142. The van der Waals surface area contributed by atoms with Gasteiger partial charge in [-0.2, -0.15) is 0 Å². The van der Waals surface area contributed by atoms with Crippen LogP contribution in [0.3, 0.4) is 0 Å². The molecule has 2 amide bonds. The molecule has 3 aromatic rings. The van der Waals surface area contributed by atoms with Crippen LogP contribution in [0, 0.1) is 12.7 Å². The monoisotopic (exact) mass is 527 g/mol. The summed E-state index contributed by atoms with van der Waals surface area (Å²) < 4.78 is 20.4. The third-order valence-corrected chi connectivity index (χ3v) is 7.50. The maximum atomic E-state index is 14.5. The molecule has 3 atom stereocenters. The van der Waals surface area contributed by atoms with E-state index >= 15 is 0 Å². The quantitative estimate of drug-likeness (QED) is 0.434. The normalized spacial score (nSPS) is 22.8. The second-order valence-electron chi connectivity index (χ2n) is 9.09. The molecule has 6 nitrogen and oxygen atoms in total.